The van der Waals surface area contributed by atoms with Crippen molar-refractivity contribution in [2.24, 2.45) is 0 Å². The zero-order valence-corrected chi connectivity index (χ0v) is 15.2. The second-order valence-electron chi connectivity index (χ2n) is 6.86. The lowest BCUT2D eigenvalue weighted by Gasteiger charge is -2.18. The molecule has 27 heavy (non-hydrogen) atoms. The van der Waals surface area contributed by atoms with Crippen LogP contribution in [-0.4, -0.2) is 6.36 Å². The van der Waals surface area contributed by atoms with Gasteiger partial charge in [-0.3, -0.25) is 0 Å². The first kappa shape index (κ1) is 19.5. The van der Waals surface area contributed by atoms with Gasteiger partial charge in [0.05, 0.1) is 0 Å². The predicted octanol–water partition coefficient (Wildman–Crippen LogP) is 7.30. The molecule has 0 heterocycles. The Morgan fingerprint density at radius 3 is 2.41 bits per heavy atom. The molecule has 0 saturated carbocycles. The number of aryl methyl sites for hydroxylation is 1. The normalized spacial score (nSPS) is 13.9. The monoisotopic (exact) mass is 378 g/mol. The number of hydrogen-bond acceptors (Lipinski definition) is 1. The average molecular weight is 378 g/mol. The van der Waals surface area contributed by atoms with Crippen molar-refractivity contribution in [3.8, 4) is 16.9 Å². The van der Waals surface area contributed by atoms with Gasteiger partial charge in [-0.25, -0.2) is 4.39 Å². The van der Waals surface area contributed by atoms with Gasteiger partial charge in [0.1, 0.15) is 11.6 Å². The fourth-order valence-electron chi connectivity index (χ4n) is 3.43. The van der Waals surface area contributed by atoms with Crippen LogP contribution in [0.15, 0.2) is 42.0 Å². The van der Waals surface area contributed by atoms with Crippen molar-refractivity contribution in [3.05, 3.63) is 58.9 Å². The highest BCUT2D eigenvalue weighted by atomic mass is 19.4. The fraction of sp³-hybridized carbons (Fsp3) is 0.364. The summed E-state index contributed by atoms with van der Waals surface area (Å²) < 4.78 is 55.3. The van der Waals surface area contributed by atoms with E-state index in [9.17, 15) is 17.6 Å². The number of benzene rings is 2. The van der Waals surface area contributed by atoms with Gasteiger partial charge >= 0.3 is 6.36 Å². The number of rotatable bonds is 6. The number of allylic oxidation sites excluding steroid dienone is 1. The fourth-order valence-corrected chi connectivity index (χ4v) is 3.43. The van der Waals surface area contributed by atoms with Crippen molar-refractivity contribution in [1.29, 1.82) is 0 Å². The van der Waals surface area contributed by atoms with Gasteiger partial charge in [-0.05, 0) is 66.6 Å². The van der Waals surface area contributed by atoms with E-state index in [2.05, 4.69) is 17.7 Å². The van der Waals surface area contributed by atoms with Gasteiger partial charge in [-0.1, -0.05) is 43.5 Å². The number of fused-ring (bicyclic) bond motifs is 1. The van der Waals surface area contributed by atoms with Crippen molar-refractivity contribution < 1.29 is 22.3 Å². The van der Waals surface area contributed by atoms with Crippen LogP contribution in [0.5, 0.6) is 5.75 Å². The Hall–Kier alpha value is -2.30. The van der Waals surface area contributed by atoms with Crippen molar-refractivity contribution in [2.75, 3.05) is 0 Å². The van der Waals surface area contributed by atoms with Gasteiger partial charge < -0.3 is 4.74 Å². The molecule has 0 N–H and O–H groups in total. The number of halogens is 4. The molecule has 2 aromatic rings. The molecule has 5 heteroatoms. The molecule has 0 radical (unpaired) electrons. The van der Waals surface area contributed by atoms with Crippen LogP contribution in [0.3, 0.4) is 0 Å². The van der Waals surface area contributed by atoms with Crippen molar-refractivity contribution >= 4 is 6.08 Å². The summed E-state index contributed by atoms with van der Waals surface area (Å²) in [6.45, 7) is 2.17. The minimum Gasteiger partial charge on any atom is -0.406 e. The second kappa shape index (κ2) is 8.15. The van der Waals surface area contributed by atoms with Crippen LogP contribution in [0.4, 0.5) is 17.6 Å². The van der Waals surface area contributed by atoms with Crippen molar-refractivity contribution in [1.82, 2.24) is 0 Å². The first-order chi connectivity index (χ1) is 12.9. The lowest BCUT2D eigenvalue weighted by atomic mass is 9.87. The molecule has 1 aliphatic rings. The zero-order chi connectivity index (χ0) is 19.4. The Kier molecular flexibility index (Phi) is 5.88. The molecule has 1 aliphatic carbocycles. The highest BCUT2D eigenvalue weighted by Gasteiger charge is 2.31. The molecule has 0 aliphatic heterocycles. The number of ether oxygens (including phenoxy) is 1. The van der Waals surface area contributed by atoms with E-state index in [0.717, 1.165) is 36.8 Å². The van der Waals surface area contributed by atoms with Crippen LogP contribution in [0.2, 0.25) is 0 Å². The molecule has 0 amide bonds. The molecular formula is C22H22F4O. The SMILES string of the molecule is CCCCCC1=Cc2cc(F)c(-c3ccc(OC(F)(F)F)cc3)cc2CC1. The summed E-state index contributed by atoms with van der Waals surface area (Å²) in [5.74, 6) is -0.687. The average Bonchev–Trinajstić information content (AvgIpc) is 2.61. The van der Waals surface area contributed by atoms with E-state index in [1.807, 2.05) is 6.07 Å². The van der Waals surface area contributed by atoms with Gasteiger partial charge in [0.15, 0.2) is 0 Å². The van der Waals surface area contributed by atoms with Crippen LogP contribution in [0.1, 0.15) is 50.2 Å². The lowest BCUT2D eigenvalue weighted by Crippen LogP contribution is -2.16. The Balaban J connectivity index is 1.81. The van der Waals surface area contributed by atoms with E-state index in [0.29, 0.717) is 11.1 Å². The van der Waals surface area contributed by atoms with E-state index < -0.39 is 6.36 Å². The summed E-state index contributed by atoms with van der Waals surface area (Å²) in [5, 5.41) is 0. The molecule has 0 aromatic heterocycles. The smallest absolute Gasteiger partial charge is 0.406 e. The molecule has 0 spiro atoms. The lowest BCUT2D eigenvalue weighted by molar-refractivity contribution is -0.274. The molecule has 0 fully saturated rings. The van der Waals surface area contributed by atoms with E-state index in [1.165, 1.54) is 48.7 Å². The Morgan fingerprint density at radius 2 is 1.74 bits per heavy atom. The van der Waals surface area contributed by atoms with Crippen LogP contribution < -0.4 is 4.74 Å². The molecule has 0 saturated heterocycles. The molecule has 0 bridgehead atoms. The first-order valence-corrected chi connectivity index (χ1v) is 9.24. The summed E-state index contributed by atoms with van der Waals surface area (Å²) in [4.78, 5) is 0. The number of unbranched alkanes of at least 4 members (excludes halogenated alkanes) is 2. The maximum absolute atomic E-state index is 14.6. The first-order valence-electron chi connectivity index (χ1n) is 9.24. The summed E-state index contributed by atoms with van der Waals surface area (Å²) in [6.07, 6.45) is 3.76. The van der Waals surface area contributed by atoms with Crippen molar-refractivity contribution in [3.63, 3.8) is 0 Å². The second-order valence-corrected chi connectivity index (χ2v) is 6.86. The molecule has 3 rings (SSSR count). The van der Waals surface area contributed by atoms with Gasteiger partial charge in [0, 0.05) is 5.56 Å². The molecule has 0 atom stereocenters. The van der Waals surface area contributed by atoms with Crippen molar-refractivity contribution in [2.45, 2.75) is 51.8 Å². The summed E-state index contributed by atoms with van der Waals surface area (Å²) in [7, 11) is 0. The maximum atomic E-state index is 14.6. The number of hydrogen-bond donors (Lipinski definition) is 0. The third-order valence-corrected chi connectivity index (χ3v) is 4.80. The van der Waals surface area contributed by atoms with E-state index in [1.54, 1.807) is 0 Å². The van der Waals surface area contributed by atoms with E-state index >= 15 is 0 Å². The highest BCUT2D eigenvalue weighted by Crippen LogP contribution is 2.34. The Bertz CT molecular complexity index is 819. The van der Waals surface area contributed by atoms with Gasteiger partial charge in [0.25, 0.3) is 0 Å². The topological polar surface area (TPSA) is 9.23 Å². The summed E-state index contributed by atoms with van der Waals surface area (Å²) in [6, 6.07) is 8.63. The number of alkyl halides is 3. The van der Waals surface area contributed by atoms with E-state index in [-0.39, 0.29) is 11.6 Å². The minimum absolute atomic E-state index is 0.315. The molecule has 2 aromatic carbocycles. The summed E-state index contributed by atoms with van der Waals surface area (Å²) in [5.41, 5.74) is 4.27. The Morgan fingerprint density at radius 1 is 1.00 bits per heavy atom. The van der Waals surface area contributed by atoms with E-state index in [4.69, 9.17) is 0 Å². The van der Waals surface area contributed by atoms with Crippen LogP contribution >= 0.6 is 0 Å². The molecule has 1 nitrogen and oxygen atoms in total. The van der Waals surface area contributed by atoms with Gasteiger partial charge in [0.2, 0.25) is 0 Å². The predicted molar refractivity (Wildman–Crippen MR) is 99.0 cm³/mol. The minimum atomic E-state index is -4.74. The highest BCUT2D eigenvalue weighted by molar-refractivity contribution is 5.70. The van der Waals surface area contributed by atoms with Crippen LogP contribution in [0.25, 0.3) is 17.2 Å². The quantitative estimate of drug-likeness (QED) is 0.378. The third-order valence-electron chi connectivity index (χ3n) is 4.80. The molecular weight excluding hydrogens is 356 g/mol. The van der Waals surface area contributed by atoms with Gasteiger partial charge in [-0.2, -0.15) is 0 Å². The molecule has 0 unspecified atom stereocenters. The Labute approximate surface area is 156 Å². The van der Waals surface area contributed by atoms with Gasteiger partial charge in [-0.15, -0.1) is 13.2 Å². The third kappa shape index (κ3) is 5.12. The maximum Gasteiger partial charge on any atom is 0.573 e. The van der Waals surface area contributed by atoms with Crippen LogP contribution in [-0.2, 0) is 6.42 Å². The zero-order valence-electron chi connectivity index (χ0n) is 15.2. The summed E-state index contributed by atoms with van der Waals surface area (Å²) >= 11 is 0. The standard InChI is InChI=1S/C22H22F4O/c1-2-3-4-5-15-6-7-17-13-20(21(23)14-18(17)12-15)16-8-10-19(11-9-16)27-22(24,25)26/h8-14H,2-7H2,1H3. The molecule has 144 valence electrons. The van der Waals surface area contributed by atoms with Crippen LogP contribution in [0, 0.1) is 5.82 Å². The largest absolute Gasteiger partial charge is 0.573 e.